The van der Waals surface area contributed by atoms with Gasteiger partial charge < -0.3 is 14.7 Å². The summed E-state index contributed by atoms with van der Waals surface area (Å²) in [5.74, 6) is -0.0571. The standard InChI is InChI=1S/C22H21FN2O5S/c1-31(28,29)15-5-6-16(19(23)13-15)17-3-2-4-18-20(7-10-24-21(17)18)30-14-8-11-25(12-9-14)22(26)27/h2-7,10,13-14H,8-9,11-12H2,1H3,(H,26,27). The van der Waals surface area contributed by atoms with Gasteiger partial charge in [-0.05, 0) is 24.3 Å². The summed E-state index contributed by atoms with van der Waals surface area (Å²) >= 11 is 0. The van der Waals surface area contributed by atoms with E-state index < -0.39 is 21.7 Å². The number of likely N-dealkylation sites (tertiary alicyclic amines) is 1. The van der Waals surface area contributed by atoms with Gasteiger partial charge >= 0.3 is 6.09 Å². The van der Waals surface area contributed by atoms with E-state index in [9.17, 15) is 17.6 Å². The number of hydrogen-bond acceptors (Lipinski definition) is 5. The van der Waals surface area contributed by atoms with E-state index in [0.717, 1.165) is 12.3 Å². The van der Waals surface area contributed by atoms with Gasteiger partial charge in [0.2, 0.25) is 0 Å². The molecule has 162 valence electrons. The summed E-state index contributed by atoms with van der Waals surface area (Å²) in [6.07, 6.45) is 2.72. The van der Waals surface area contributed by atoms with Crippen LogP contribution in [0, 0.1) is 5.82 Å². The molecule has 0 atom stereocenters. The van der Waals surface area contributed by atoms with Crippen LogP contribution in [0.4, 0.5) is 9.18 Å². The second kappa shape index (κ2) is 8.14. The largest absolute Gasteiger partial charge is 0.490 e. The minimum atomic E-state index is -3.52. The monoisotopic (exact) mass is 444 g/mol. The lowest BCUT2D eigenvalue weighted by atomic mass is 10.0. The van der Waals surface area contributed by atoms with Crippen molar-refractivity contribution in [2.24, 2.45) is 0 Å². The molecule has 9 heteroatoms. The molecule has 2 heterocycles. The number of rotatable bonds is 4. The lowest BCUT2D eigenvalue weighted by Gasteiger charge is -2.30. The van der Waals surface area contributed by atoms with Crippen LogP contribution in [0.2, 0.25) is 0 Å². The fraction of sp³-hybridized carbons (Fsp3) is 0.273. The molecule has 1 N–H and O–H groups in total. The van der Waals surface area contributed by atoms with Crippen LogP contribution in [-0.2, 0) is 9.84 Å². The van der Waals surface area contributed by atoms with Crippen molar-refractivity contribution in [1.82, 2.24) is 9.88 Å². The van der Waals surface area contributed by atoms with Crippen LogP contribution < -0.4 is 4.74 Å². The predicted molar refractivity (Wildman–Crippen MR) is 113 cm³/mol. The zero-order valence-corrected chi connectivity index (χ0v) is 17.6. The molecule has 0 radical (unpaired) electrons. The van der Waals surface area contributed by atoms with Gasteiger partial charge in [0.15, 0.2) is 9.84 Å². The van der Waals surface area contributed by atoms with Gasteiger partial charge in [-0.15, -0.1) is 0 Å². The quantitative estimate of drug-likeness (QED) is 0.654. The van der Waals surface area contributed by atoms with Crippen molar-refractivity contribution in [3.8, 4) is 16.9 Å². The molecule has 2 aromatic carbocycles. The molecule has 1 aromatic heterocycles. The number of nitrogens with zero attached hydrogens (tertiary/aromatic N) is 2. The van der Waals surface area contributed by atoms with Gasteiger partial charge in [-0.25, -0.2) is 17.6 Å². The number of benzene rings is 2. The highest BCUT2D eigenvalue weighted by Gasteiger charge is 2.24. The molecule has 1 amide bonds. The van der Waals surface area contributed by atoms with Crippen LogP contribution in [0.5, 0.6) is 5.75 Å². The molecule has 0 unspecified atom stereocenters. The Morgan fingerprint density at radius 3 is 2.55 bits per heavy atom. The van der Waals surface area contributed by atoms with Crippen LogP contribution >= 0.6 is 0 Å². The first kappa shape index (κ1) is 21.0. The molecule has 0 saturated carbocycles. The summed E-state index contributed by atoms with van der Waals surface area (Å²) in [6, 6.07) is 10.9. The molecule has 0 bridgehead atoms. The molecule has 0 spiro atoms. The number of amides is 1. The SMILES string of the molecule is CS(=O)(=O)c1ccc(-c2cccc3c(OC4CCN(C(=O)O)CC4)ccnc23)c(F)c1. The third-order valence-electron chi connectivity index (χ3n) is 5.40. The van der Waals surface area contributed by atoms with Gasteiger partial charge in [0.1, 0.15) is 17.7 Å². The van der Waals surface area contributed by atoms with Crippen LogP contribution in [0.15, 0.2) is 53.6 Å². The fourth-order valence-corrected chi connectivity index (χ4v) is 4.39. The van der Waals surface area contributed by atoms with E-state index in [0.29, 0.717) is 48.1 Å². The van der Waals surface area contributed by atoms with Crippen molar-refractivity contribution >= 4 is 26.8 Å². The Hall–Kier alpha value is -3.20. The van der Waals surface area contributed by atoms with Gasteiger partial charge in [-0.1, -0.05) is 18.2 Å². The molecule has 0 aliphatic carbocycles. The number of sulfone groups is 1. The summed E-state index contributed by atoms with van der Waals surface area (Å²) in [4.78, 5) is 16.8. The van der Waals surface area contributed by atoms with Gasteiger partial charge in [0, 0.05) is 54.9 Å². The zero-order valence-electron chi connectivity index (χ0n) is 16.8. The van der Waals surface area contributed by atoms with E-state index >= 15 is 0 Å². The van der Waals surface area contributed by atoms with Gasteiger partial charge in [0.25, 0.3) is 0 Å². The average molecular weight is 444 g/mol. The van der Waals surface area contributed by atoms with Crippen molar-refractivity contribution in [2.75, 3.05) is 19.3 Å². The highest BCUT2D eigenvalue weighted by Crippen LogP contribution is 2.35. The highest BCUT2D eigenvalue weighted by molar-refractivity contribution is 7.90. The molecule has 1 aliphatic heterocycles. The fourth-order valence-electron chi connectivity index (χ4n) is 3.76. The van der Waals surface area contributed by atoms with Gasteiger partial charge in [-0.3, -0.25) is 4.98 Å². The van der Waals surface area contributed by atoms with Crippen molar-refractivity contribution in [3.63, 3.8) is 0 Å². The maximum atomic E-state index is 14.8. The number of fused-ring (bicyclic) bond motifs is 1. The minimum Gasteiger partial charge on any atom is -0.490 e. The third kappa shape index (κ3) is 4.32. The summed E-state index contributed by atoms with van der Waals surface area (Å²) in [5, 5.41) is 9.79. The Morgan fingerprint density at radius 2 is 1.90 bits per heavy atom. The third-order valence-corrected chi connectivity index (χ3v) is 6.51. The van der Waals surface area contributed by atoms with Crippen LogP contribution in [0.1, 0.15) is 12.8 Å². The summed E-state index contributed by atoms with van der Waals surface area (Å²) in [7, 11) is -3.52. The van der Waals surface area contributed by atoms with Crippen molar-refractivity contribution < 1.29 is 27.4 Å². The Kier molecular flexibility index (Phi) is 5.53. The number of carbonyl (C=O) groups is 1. The Morgan fingerprint density at radius 1 is 1.16 bits per heavy atom. The van der Waals surface area contributed by atoms with E-state index in [-0.39, 0.29) is 16.6 Å². The topological polar surface area (TPSA) is 96.8 Å². The summed E-state index contributed by atoms with van der Waals surface area (Å²) < 4.78 is 44.4. The van der Waals surface area contributed by atoms with E-state index in [4.69, 9.17) is 9.84 Å². The number of halogens is 1. The number of para-hydroxylation sites is 1. The summed E-state index contributed by atoms with van der Waals surface area (Å²) in [6.45, 7) is 0.818. The molecule has 31 heavy (non-hydrogen) atoms. The van der Waals surface area contributed by atoms with Crippen LogP contribution in [0.25, 0.3) is 22.0 Å². The van der Waals surface area contributed by atoms with E-state index in [1.165, 1.54) is 17.0 Å². The second-order valence-electron chi connectivity index (χ2n) is 7.51. The molecule has 3 aromatic rings. The smallest absolute Gasteiger partial charge is 0.407 e. The molecule has 1 saturated heterocycles. The van der Waals surface area contributed by atoms with E-state index in [1.807, 2.05) is 6.07 Å². The number of ether oxygens (including phenoxy) is 1. The van der Waals surface area contributed by atoms with E-state index in [1.54, 1.807) is 24.4 Å². The lowest BCUT2D eigenvalue weighted by molar-refractivity contribution is 0.0902. The minimum absolute atomic E-state index is 0.0846. The van der Waals surface area contributed by atoms with E-state index in [2.05, 4.69) is 4.98 Å². The maximum absolute atomic E-state index is 14.8. The molecular weight excluding hydrogens is 423 g/mol. The van der Waals surface area contributed by atoms with Crippen LogP contribution in [0.3, 0.4) is 0 Å². The van der Waals surface area contributed by atoms with Gasteiger partial charge in [0.05, 0.1) is 10.4 Å². The normalized spacial score (nSPS) is 15.2. The number of pyridine rings is 1. The van der Waals surface area contributed by atoms with Crippen molar-refractivity contribution in [3.05, 3.63) is 54.5 Å². The van der Waals surface area contributed by atoms with Crippen LogP contribution in [-0.4, -0.2) is 55.0 Å². The number of aromatic nitrogens is 1. The number of carboxylic acid groups (broad SMARTS) is 1. The van der Waals surface area contributed by atoms with Crippen molar-refractivity contribution in [1.29, 1.82) is 0 Å². The highest BCUT2D eigenvalue weighted by atomic mass is 32.2. The summed E-state index contributed by atoms with van der Waals surface area (Å²) in [5.41, 5.74) is 1.31. The first-order valence-corrected chi connectivity index (χ1v) is 11.7. The lowest BCUT2D eigenvalue weighted by Crippen LogP contribution is -2.41. The Balaban J connectivity index is 1.67. The molecular formula is C22H21FN2O5S. The van der Waals surface area contributed by atoms with Crippen molar-refractivity contribution in [2.45, 2.75) is 23.8 Å². The molecule has 7 nitrogen and oxygen atoms in total. The first-order valence-electron chi connectivity index (χ1n) is 9.76. The Labute approximate surface area is 179 Å². The average Bonchev–Trinajstić information content (AvgIpc) is 2.73. The maximum Gasteiger partial charge on any atom is 0.407 e. The molecule has 1 fully saturated rings. The first-order chi connectivity index (χ1) is 14.7. The predicted octanol–water partition coefficient (Wildman–Crippen LogP) is 3.97. The van der Waals surface area contributed by atoms with Gasteiger partial charge in [-0.2, -0.15) is 0 Å². The second-order valence-corrected chi connectivity index (χ2v) is 9.53. The number of hydrogen-bond donors (Lipinski definition) is 1. The zero-order chi connectivity index (χ0) is 22.2. The molecule has 1 aliphatic rings. The molecule has 4 rings (SSSR count). The number of piperidine rings is 1. The Bertz CT molecular complexity index is 1250.